The second kappa shape index (κ2) is 8.13. The summed E-state index contributed by atoms with van der Waals surface area (Å²) in [5.74, 6) is -1.14. The second-order valence-electron chi connectivity index (χ2n) is 4.88. The second-order valence-corrected chi connectivity index (χ2v) is 4.88. The van der Waals surface area contributed by atoms with Crippen LogP contribution in [0, 0.1) is 0 Å². The first-order valence-electron chi connectivity index (χ1n) is 5.99. The van der Waals surface area contributed by atoms with Gasteiger partial charge in [-0.2, -0.15) is 0 Å². The first-order chi connectivity index (χ1) is 9.19. The number of aliphatic imine (C=N–C) groups is 1. The van der Waals surface area contributed by atoms with E-state index in [-0.39, 0.29) is 13.2 Å². The van der Waals surface area contributed by atoms with Gasteiger partial charge in [0.1, 0.15) is 24.8 Å². The number of amides is 2. The maximum atomic E-state index is 11.6. The van der Waals surface area contributed by atoms with Gasteiger partial charge in [0.05, 0.1) is 0 Å². The molecule has 0 bridgehead atoms. The Morgan fingerprint density at radius 3 is 2.35 bits per heavy atom. The van der Waals surface area contributed by atoms with E-state index in [9.17, 15) is 14.4 Å². The Hall–Kier alpha value is -2.12. The number of nitrogens with one attached hydrogen (secondary N) is 2. The van der Waals surface area contributed by atoms with E-state index in [0.29, 0.717) is 0 Å². The number of hydrogen-bond donors (Lipinski definition) is 2. The summed E-state index contributed by atoms with van der Waals surface area (Å²) < 4.78 is 9.81. The van der Waals surface area contributed by atoms with E-state index in [2.05, 4.69) is 22.3 Å². The molecule has 0 saturated heterocycles. The van der Waals surface area contributed by atoms with Gasteiger partial charge in [-0.15, -0.1) is 0 Å². The average Bonchev–Trinajstić information content (AvgIpc) is 2.31. The Labute approximate surface area is 117 Å². The number of alkyl carbamates (subject to hydrolysis) is 1. The number of likely N-dealkylation sites (N-methyl/N-ethyl adjacent to an activating group) is 1. The highest BCUT2D eigenvalue weighted by atomic mass is 16.6. The molecule has 0 aliphatic carbocycles. The molecule has 0 aliphatic heterocycles. The number of esters is 1. The van der Waals surface area contributed by atoms with Crippen molar-refractivity contribution < 1.29 is 23.9 Å². The van der Waals surface area contributed by atoms with Crippen molar-refractivity contribution in [3.63, 3.8) is 0 Å². The minimum Gasteiger partial charge on any atom is -0.462 e. The number of carbonyl (C=O) groups excluding carboxylic acids is 3. The van der Waals surface area contributed by atoms with Gasteiger partial charge in [0, 0.05) is 7.05 Å². The highest BCUT2D eigenvalue weighted by molar-refractivity contribution is 5.86. The first-order valence-corrected chi connectivity index (χ1v) is 5.99. The molecular weight excluding hydrogens is 266 g/mol. The zero-order valence-corrected chi connectivity index (χ0v) is 12.2. The lowest BCUT2D eigenvalue weighted by Crippen LogP contribution is -2.50. The normalized spacial score (nSPS) is 12.0. The molecular formula is C12H21N3O5. The molecule has 0 aromatic heterocycles. The molecule has 0 spiro atoms. The van der Waals surface area contributed by atoms with E-state index in [1.165, 1.54) is 7.05 Å². The summed E-state index contributed by atoms with van der Waals surface area (Å²) in [6.07, 6.45) is -0.774. The van der Waals surface area contributed by atoms with Gasteiger partial charge < -0.3 is 20.1 Å². The summed E-state index contributed by atoms with van der Waals surface area (Å²) in [5.41, 5.74) is -0.694. The highest BCUT2D eigenvalue weighted by Gasteiger charge is 2.24. The van der Waals surface area contributed by atoms with E-state index >= 15 is 0 Å². The molecule has 0 rings (SSSR count). The first kappa shape index (κ1) is 17.9. The summed E-state index contributed by atoms with van der Waals surface area (Å²) in [5, 5.41) is 4.68. The van der Waals surface area contributed by atoms with Crippen LogP contribution in [0.2, 0.25) is 0 Å². The van der Waals surface area contributed by atoms with Crippen LogP contribution in [0.1, 0.15) is 20.8 Å². The maximum Gasteiger partial charge on any atom is 0.408 e. The molecule has 20 heavy (non-hydrogen) atoms. The number of hydrogen-bond acceptors (Lipinski definition) is 6. The lowest BCUT2D eigenvalue weighted by Gasteiger charge is -2.22. The van der Waals surface area contributed by atoms with Gasteiger partial charge in [-0.25, -0.2) is 4.79 Å². The van der Waals surface area contributed by atoms with Gasteiger partial charge in [0.25, 0.3) is 0 Å². The topological polar surface area (TPSA) is 106 Å². The number of rotatable bonds is 6. The van der Waals surface area contributed by atoms with Crippen LogP contribution in [0.25, 0.3) is 0 Å². The Bertz CT molecular complexity index is 376. The van der Waals surface area contributed by atoms with Gasteiger partial charge in [0.2, 0.25) is 5.91 Å². The van der Waals surface area contributed by atoms with Crippen molar-refractivity contribution in [3.8, 4) is 0 Å². The zero-order valence-electron chi connectivity index (χ0n) is 12.2. The van der Waals surface area contributed by atoms with Crippen molar-refractivity contribution in [1.82, 2.24) is 10.6 Å². The van der Waals surface area contributed by atoms with E-state index in [1.54, 1.807) is 20.8 Å². The van der Waals surface area contributed by atoms with Crippen molar-refractivity contribution >= 4 is 24.7 Å². The maximum absolute atomic E-state index is 11.6. The molecule has 0 aromatic rings. The van der Waals surface area contributed by atoms with Gasteiger partial charge in [-0.05, 0) is 27.5 Å². The Morgan fingerprint density at radius 2 is 1.90 bits per heavy atom. The van der Waals surface area contributed by atoms with Crippen LogP contribution in [0.5, 0.6) is 0 Å². The highest BCUT2D eigenvalue weighted by Crippen LogP contribution is 2.06. The van der Waals surface area contributed by atoms with Crippen LogP contribution in [-0.4, -0.2) is 56.5 Å². The Morgan fingerprint density at radius 1 is 1.30 bits per heavy atom. The van der Waals surface area contributed by atoms with Crippen molar-refractivity contribution in [3.05, 3.63) is 0 Å². The molecule has 0 unspecified atom stereocenters. The Balaban J connectivity index is 4.50. The summed E-state index contributed by atoms with van der Waals surface area (Å²) in [6, 6.07) is -1.04. The summed E-state index contributed by atoms with van der Waals surface area (Å²) in [6.45, 7) is 7.70. The fraction of sp³-hybridized carbons (Fsp3) is 0.667. The van der Waals surface area contributed by atoms with Gasteiger partial charge >= 0.3 is 12.1 Å². The van der Waals surface area contributed by atoms with Gasteiger partial charge in [0.15, 0.2) is 0 Å². The van der Waals surface area contributed by atoms with Gasteiger partial charge in [-0.3, -0.25) is 14.6 Å². The van der Waals surface area contributed by atoms with Crippen molar-refractivity contribution in [1.29, 1.82) is 0 Å². The van der Waals surface area contributed by atoms with Crippen LogP contribution in [0.4, 0.5) is 4.79 Å². The molecule has 0 aliphatic rings. The molecule has 8 heteroatoms. The van der Waals surface area contributed by atoms with Crippen LogP contribution in [0.3, 0.4) is 0 Å². The fourth-order valence-corrected chi connectivity index (χ4v) is 1.12. The zero-order chi connectivity index (χ0) is 15.8. The van der Waals surface area contributed by atoms with E-state index < -0.39 is 29.6 Å². The fourth-order valence-electron chi connectivity index (χ4n) is 1.12. The number of carbonyl (C=O) groups is 3. The quantitative estimate of drug-likeness (QED) is 0.523. The van der Waals surface area contributed by atoms with Crippen LogP contribution in [0.15, 0.2) is 4.99 Å². The van der Waals surface area contributed by atoms with Crippen molar-refractivity contribution in [2.75, 3.05) is 20.2 Å². The summed E-state index contributed by atoms with van der Waals surface area (Å²) in [4.78, 5) is 37.6. The smallest absolute Gasteiger partial charge is 0.408 e. The lowest BCUT2D eigenvalue weighted by atomic mass is 10.2. The predicted molar refractivity (Wildman–Crippen MR) is 72.6 cm³/mol. The largest absolute Gasteiger partial charge is 0.462 e. The summed E-state index contributed by atoms with van der Waals surface area (Å²) >= 11 is 0. The third-order valence-electron chi connectivity index (χ3n) is 1.91. The van der Waals surface area contributed by atoms with Crippen LogP contribution >= 0.6 is 0 Å². The molecule has 8 nitrogen and oxygen atoms in total. The molecule has 2 amide bonds. The van der Waals surface area contributed by atoms with E-state index in [1.807, 2.05) is 0 Å². The molecule has 0 saturated carbocycles. The summed E-state index contributed by atoms with van der Waals surface area (Å²) in [7, 11) is 1.40. The lowest BCUT2D eigenvalue weighted by molar-refractivity contribution is -0.143. The molecule has 0 fully saturated rings. The minimum atomic E-state index is -1.04. The third-order valence-corrected chi connectivity index (χ3v) is 1.91. The number of ether oxygens (including phenoxy) is 2. The predicted octanol–water partition coefficient (Wildman–Crippen LogP) is -0.130. The van der Waals surface area contributed by atoms with Crippen molar-refractivity contribution in [2.24, 2.45) is 4.99 Å². The molecule has 2 N–H and O–H groups in total. The standard InChI is InChI=1S/C12H21N3O5/c1-12(2,3)20-11(18)15-8(10(17)14-5)7-19-9(16)6-13-4/h8H,4,6-7H2,1-3,5H3,(H,14,17)(H,15,18)/t8-/m0/s1. The molecule has 0 aromatic carbocycles. The van der Waals surface area contributed by atoms with Gasteiger partial charge in [-0.1, -0.05) is 0 Å². The van der Waals surface area contributed by atoms with Crippen LogP contribution in [-0.2, 0) is 19.1 Å². The monoisotopic (exact) mass is 287 g/mol. The third kappa shape index (κ3) is 8.06. The molecule has 1 atom stereocenters. The Kier molecular flexibility index (Phi) is 7.27. The van der Waals surface area contributed by atoms with Crippen molar-refractivity contribution in [2.45, 2.75) is 32.4 Å². The van der Waals surface area contributed by atoms with Crippen LogP contribution < -0.4 is 10.6 Å². The molecule has 0 heterocycles. The minimum absolute atomic E-state index is 0.215. The molecule has 114 valence electrons. The average molecular weight is 287 g/mol. The van der Waals surface area contributed by atoms with E-state index in [4.69, 9.17) is 9.47 Å². The number of nitrogens with zero attached hydrogens (tertiary/aromatic N) is 1. The van der Waals surface area contributed by atoms with E-state index in [0.717, 1.165) is 0 Å². The SMILES string of the molecule is C=NCC(=O)OC[C@H](NC(=O)OC(C)(C)C)C(=O)NC. The molecule has 0 radical (unpaired) electrons.